The Balaban J connectivity index is 1.26. The first-order valence-electron chi connectivity index (χ1n) is 13.1. The topological polar surface area (TPSA) is 115 Å². The molecule has 2 aliphatic rings. The summed E-state index contributed by atoms with van der Waals surface area (Å²) < 4.78 is 39.1. The number of amides is 2. The SMILES string of the molecule is O=C(CCC(F)(F)F)N1CC=C(c2cccn3nc(Nc4ccc(C(=O)N5CCNCC5CO)cc4)nc23)CC1. The second-order valence-electron chi connectivity index (χ2n) is 9.80. The third-order valence-electron chi connectivity index (χ3n) is 7.10. The molecule has 5 rings (SSSR count). The summed E-state index contributed by atoms with van der Waals surface area (Å²) in [5.74, 6) is -0.285. The number of nitrogens with one attached hydrogen (secondary N) is 2. The molecule has 0 aliphatic carbocycles. The number of halogens is 3. The lowest BCUT2D eigenvalue weighted by molar-refractivity contribution is -0.148. The van der Waals surface area contributed by atoms with Crippen molar-refractivity contribution in [3.05, 3.63) is 59.8 Å². The van der Waals surface area contributed by atoms with Gasteiger partial charge in [0.25, 0.3) is 5.91 Å². The van der Waals surface area contributed by atoms with E-state index in [-0.39, 0.29) is 25.1 Å². The minimum absolute atomic E-state index is 0.102. The largest absolute Gasteiger partial charge is 0.394 e. The maximum atomic E-state index is 12.9. The summed E-state index contributed by atoms with van der Waals surface area (Å²) in [7, 11) is 0. The van der Waals surface area contributed by atoms with Gasteiger partial charge in [-0.05, 0) is 48.4 Å². The van der Waals surface area contributed by atoms with E-state index in [2.05, 4.69) is 20.7 Å². The highest BCUT2D eigenvalue weighted by Gasteiger charge is 2.30. The summed E-state index contributed by atoms with van der Waals surface area (Å²) in [5, 5.41) is 20.4. The number of benzene rings is 1. The van der Waals surface area contributed by atoms with Crippen molar-refractivity contribution in [1.82, 2.24) is 29.7 Å². The van der Waals surface area contributed by atoms with Crippen molar-refractivity contribution < 1.29 is 27.9 Å². The number of anilines is 2. The predicted molar refractivity (Wildman–Crippen MR) is 142 cm³/mol. The van der Waals surface area contributed by atoms with E-state index in [1.807, 2.05) is 18.2 Å². The zero-order valence-corrected chi connectivity index (χ0v) is 21.7. The molecule has 1 saturated heterocycles. The van der Waals surface area contributed by atoms with E-state index in [4.69, 9.17) is 0 Å². The number of aliphatic hydroxyl groups excluding tert-OH is 1. The van der Waals surface area contributed by atoms with Crippen LogP contribution in [0.1, 0.15) is 35.2 Å². The fourth-order valence-electron chi connectivity index (χ4n) is 4.94. The quantitative estimate of drug-likeness (QED) is 0.409. The van der Waals surface area contributed by atoms with Gasteiger partial charge in [0.15, 0.2) is 5.65 Å². The molecule has 1 aromatic carbocycles. The number of nitrogens with zero attached hydrogens (tertiary/aromatic N) is 5. The van der Waals surface area contributed by atoms with Crippen LogP contribution in [0.5, 0.6) is 0 Å². The zero-order valence-electron chi connectivity index (χ0n) is 21.7. The van der Waals surface area contributed by atoms with Gasteiger partial charge in [0.2, 0.25) is 11.9 Å². The molecule has 212 valence electrons. The first-order valence-corrected chi connectivity index (χ1v) is 13.1. The van der Waals surface area contributed by atoms with Crippen LogP contribution in [0.2, 0.25) is 0 Å². The lowest BCUT2D eigenvalue weighted by atomic mass is 10.00. The van der Waals surface area contributed by atoms with Gasteiger partial charge < -0.3 is 25.5 Å². The van der Waals surface area contributed by atoms with Crippen LogP contribution in [0.4, 0.5) is 24.8 Å². The Labute approximate surface area is 228 Å². The second-order valence-corrected chi connectivity index (χ2v) is 9.80. The van der Waals surface area contributed by atoms with E-state index in [0.717, 1.165) is 11.1 Å². The standard InChI is InChI=1S/C27H30F3N7O3/c28-27(29,30)10-7-23(39)35-13-8-18(9-14-35)22-2-1-12-37-24(22)33-26(34-37)32-20-5-3-19(4-6-20)25(40)36-15-11-31-16-21(36)17-38/h1-6,8,12,21,31,38H,7,9-11,13-17H2,(H,32,34). The highest BCUT2D eigenvalue weighted by Crippen LogP contribution is 2.28. The maximum absolute atomic E-state index is 12.9. The van der Waals surface area contributed by atoms with Gasteiger partial charge >= 0.3 is 6.18 Å². The number of rotatable bonds is 7. The fraction of sp³-hybridized carbons (Fsp3) is 0.407. The molecule has 1 fully saturated rings. The molecule has 40 heavy (non-hydrogen) atoms. The Kier molecular flexibility index (Phi) is 8.03. The van der Waals surface area contributed by atoms with Crippen LogP contribution in [0, 0.1) is 0 Å². The number of carbonyl (C=O) groups is 2. The first-order chi connectivity index (χ1) is 19.2. The van der Waals surface area contributed by atoms with E-state index in [0.29, 0.717) is 55.4 Å². The van der Waals surface area contributed by atoms with Crippen molar-refractivity contribution in [2.75, 3.05) is 44.6 Å². The van der Waals surface area contributed by atoms with E-state index < -0.39 is 24.9 Å². The number of hydrogen-bond acceptors (Lipinski definition) is 7. The van der Waals surface area contributed by atoms with Gasteiger partial charge in [-0.15, -0.1) is 5.10 Å². The fourth-order valence-corrected chi connectivity index (χ4v) is 4.94. The molecule has 1 unspecified atom stereocenters. The number of alkyl halides is 3. The smallest absolute Gasteiger partial charge is 0.389 e. The number of pyridine rings is 1. The van der Waals surface area contributed by atoms with E-state index >= 15 is 0 Å². The summed E-state index contributed by atoms with van der Waals surface area (Å²) in [6.07, 6.45) is -1.91. The summed E-state index contributed by atoms with van der Waals surface area (Å²) in [6, 6.07) is 10.4. The average Bonchev–Trinajstić information content (AvgIpc) is 3.38. The van der Waals surface area contributed by atoms with Gasteiger partial charge in [0, 0.05) is 62.2 Å². The highest BCUT2D eigenvalue weighted by atomic mass is 19.4. The van der Waals surface area contributed by atoms with E-state index in [1.165, 1.54) is 4.90 Å². The van der Waals surface area contributed by atoms with Crippen molar-refractivity contribution in [2.24, 2.45) is 0 Å². The third kappa shape index (κ3) is 6.26. The van der Waals surface area contributed by atoms with Crippen molar-refractivity contribution in [1.29, 1.82) is 0 Å². The molecule has 1 atom stereocenters. The summed E-state index contributed by atoms with van der Waals surface area (Å²) in [5.41, 5.74) is 3.60. The average molecular weight is 558 g/mol. The van der Waals surface area contributed by atoms with Crippen molar-refractivity contribution in [3.63, 3.8) is 0 Å². The normalized spacial score (nSPS) is 18.1. The number of carbonyl (C=O) groups excluding carboxylic acids is 2. The first kappa shape index (κ1) is 27.6. The molecule has 0 saturated carbocycles. The van der Waals surface area contributed by atoms with Gasteiger partial charge in [-0.3, -0.25) is 9.59 Å². The zero-order chi connectivity index (χ0) is 28.3. The third-order valence-corrected chi connectivity index (χ3v) is 7.10. The molecule has 3 N–H and O–H groups in total. The molecule has 2 aromatic heterocycles. The van der Waals surface area contributed by atoms with Crippen LogP contribution in [0.15, 0.2) is 48.7 Å². The number of aromatic nitrogens is 3. The van der Waals surface area contributed by atoms with Crippen LogP contribution in [-0.4, -0.2) is 92.9 Å². The lowest BCUT2D eigenvalue weighted by Gasteiger charge is -2.35. The van der Waals surface area contributed by atoms with Gasteiger partial charge in [0.1, 0.15) is 0 Å². The number of hydrogen-bond donors (Lipinski definition) is 3. The Morgan fingerprint density at radius 2 is 1.95 bits per heavy atom. The minimum Gasteiger partial charge on any atom is -0.394 e. The molecule has 0 radical (unpaired) electrons. The van der Waals surface area contributed by atoms with Gasteiger partial charge in [-0.25, -0.2) is 4.52 Å². The second kappa shape index (κ2) is 11.6. The molecule has 3 aromatic rings. The van der Waals surface area contributed by atoms with Gasteiger partial charge in [0.05, 0.1) is 19.1 Å². The van der Waals surface area contributed by atoms with Crippen LogP contribution in [0.25, 0.3) is 11.2 Å². The highest BCUT2D eigenvalue weighted by molar-refractivity contribution is 5.95. The van der Waals surface area contributed by atoms with Crippen LogP contribution < -0.4 is 10.6 Å². The Morgan fingerprint density at radius 3 is 2.65 bits per heavy atom. The van der Waals surface area contributed by atoms with Crippen molar-refractivity contribution >= 4 is 34.7 Å². The molecule has 2 aliphatic heterocycles. The van der Waals surface area contributed by atoms with Crippen LogP contribution in [-0.2, 0) is 4.79 Å². The summed E-state index contributed by atoms with van der Waals surface area (Å²) >= 11 is 0. The van der Waals surface area contributed by atoms with Crippen molar-refractivity contribution in [2.45, 2.75) is 31.5 Å². The number of piperazine rings is 1. The molecule has 13 heteroatoms. The minimum atomic E-state index is -4.35. The number of fused-ring (bicyclic) bond motifs is 1. The molecule has 0 spiro atoms. The molecule has 4 heterocycles. The Bertz CT molecular complexity index is 1400. The monoisotopic (exact) mass is 557 g/mol. The predicted octanol–water partition coefficient (Wildman–Crippen LogP) is 2.84. The lowest BCUT2D eigenvalue weighted by Crippen LogP contribution is -2.55. The Morgan fingerprint density at radius 1 is 1.15 bits per heavy atom. The maximum Gasteiger partial charge on any atom is 0.389 e. The van der Waals surface area contributed by atoms with Gasteiger partial charge in [-0.1, -0.05) is 6.08 Å². The van der Waals surface area contributed by atoms with Gasteiger partial charge in [-0.2, -0.15) is 18.2 Å². The van der Waals surface area contributed by atoms with E-state index in [9.17, 15) is 27.9 Å². The summed E-state index contributed by atoms with van der Waals surface area (Å²) in [6.45, 7) is 2.23. The number of aliphatic hydroxyl groups is 1. The van der Waals surface area contributed by atoms with Crippen LogP contribution in [0.3, 0.4) is 0 Å². The molecule has 0 bridgehead atoms. The van der Waals surface area contributed by atoms with E-state index in [1.54, 1.807) is 39.9 Å². The van der Waals surface area contributed by atoms with Crippen LogP contribution >= 0.6 is 0 Å². The van der Waals surface area contributed by atoms with Crippen molar-refractivity contribution in [3.8, 4) is 0 Å². The Hall–Kier alpha value is -3.97. The molecular weight excluding hydrogens is 527 g/mol. The molecular formula is C27H30F3N7O3. The molecule has 10 nitrogen and oxygen atoms in total. The molecule has 2 amide bonds. The summed E-state index contributed by atoms with van der Waals surface area (Å²) in [4.78, 5) is 32.9.